The number of piperidine rings is 1. The van der Waals surface area contributed by atoms with Gasteiger partial charge in [0.15, 0.2) is 0 Å². The first-order valence-electron chi connectivity index (χ1n) is 10.9. The number of aromatic nitrogens is 2. The van der Waals surface area contributed by atoms with E-state index >= 15 is 0 Å². The second-order valence-corrected chi connectivity index (χ2v) is 9.32. The number of morpholine rings is 1. The van der Waals surface area contributed by atoms with Gasteiger partial charge in [0, 0.05) is 74.9 Å². The fourth-order valence-corrected chi connectivity index (χ4v) is 5.98. The lowest BCUT2D eigenvalue weighted by Crippen LogP contribution is -2.47. The maximum atomic E-state index is 13.3. The van der Waals surface area contributed by atoms with Gasteiger partial charge < -0.3 is 9.30 Å². The molecule has 0 radical (unpaired) electrons. The average molecular weight is 393 g/mol. The first-order valence-corrected chi connectivity index (χ1v) is 10.9. The lowest BCUT2D eigenvalue weighted by molar-refractivity contribution is 0.0270. The van der Waals surface area contributed by atoms with E-state index in [1.807, 2.05) is 12.4 Å². The summed E-state index contributed by atoms with van der Waals surface area (Å²) in [7, 11) is 0. The van der Waals surface area contributed by atoms with Crippen molar-refractivity contribution in [3.8, 4) is 0 Å². The number of pyridine rings is 2. The fraction of sp³-hybridized carbons (Fsp3) is 0.565. The highest BCUT2D eigenvalue weighted by molar-refractivity contribution is 5.23. The maximum Gasteiger partial charge on any atom is 0.255 e. The van der Waals surface area contributed by atoms with Crippen LogP contribution in [0.15, 0.2) is 41.5 Å². The molecule has 2 aromatic rings. The summed E-state index contributed by atoms with van der Waals surface area (Å²) < 4.78 is 7.81. The molecule has 0 spiro atoms. The van der Waals surface area contributed by atoms with Crippen molar-refractivity contribution in [3.63, 3.8) is 0 Å². The zero-order chi connectivity index (χ0) is 19.4. The molecule has 6 heteroatoms. The van der Waals surface area contributed by atoms with Gasteiger partial charge in [-0.05, 0) is 42.5 Å². The monoisotopic (exact) mass is 392 g/mol. The molecule has 0 saturated carbocycles. The van der Waals surface area contributed by atoms with Gasteiger partial charge in [-0.2, -0.15) is 0 Å². The highest BCUT2D eigenvalue weighted by Crippen LogP contribution is 2.36. The van der Waals surface area contributed by atoms with E-state index in [2.05, 4.69) is 43.6 Å². The standard InChI is InChI=1S/C23H28N4O2/c28-23-18(13-26-14-21-8-20(26)15-29-21)1-2-22-19-7-17(11-27(22)23)10-25(12-19)9-16-3-5-24-6-4-16/h1-6,17,19-21H,7-15H2/t17-,19+,20+,21+/m0/s1. The van der Waals surface area contributed by atoms with Gasteiger partial charge in [0.1, 0.15) is 0 Å². The Kier molecular flexibility index (Phi) is 4.32. The minimum atomic E-state index is 0.239. The minimum absolute atomic E-state index is 0.239. The SMILES string of the molecule is O=c1c(CN2C[C@H]3C[C@@H]2CO3)ccc2n1C[C@H]1C[C@@H]2CN(Cc2ccncc2)C1. The lowest BCUT2D eigenvalue weighted by atomic mass is 9.83. The fourth-order valence-electron chi connectivity index (χ4n) is 5.98. The predicted octanol–water partition coefficient (Wildman–Crippen LogP) is 1.84. The third kappa shape index (κ3) is 3.23. The molecule has 6 rings (SSSR count). The van der Waals surface area contributed by atoms with E-state index in [0.29, 0.717) is 24.0 Å². The van der Waals surface area contributed by atoms with Crippen LogP contribution in [-0.4, -0.2) is 57.7 Å². The third-order valence-corrected chi connectivity index (χ3v) is 7.30. The highest BCUT2D eigenvalue weighted by Gasteiger charge is 2.39. The van der Waals surface area contributed by atoms with Gasteiger partial charge in [-0.15, -0.1) is 0 Å². The molecule has 152 valence electrons. The van der Waals surface area contributed by atoms with Crippen LogP contribution in [0.1, 0.15) is 35.6 Å². The molecule has 4 aliphatic heterocycles. The van der Waals surface area contributed by atoms with Crippen LogP contribution in [0.5, 0.6) is 0 Å². The van der Waals surface area contributed by atoms with E-state index in [1.54, 1.807) is 0 Å². The number of likely N-dealkylation sites (tertiary alicyclic amines) is 2. The average Bonchev–Trinajstić information content (AvgIpc) is 3.34. The molecule has 4 bridgehead atoms. The number of fused-ring (bicyclic) bond motifs is 6. The van der Waals surface area contributed by atoms with E-state index in [1.165, 1.54) is 17.7 Å². The van der Waals surface area contributed by atoms with Gasteiger partial charge >= 0.3 is 0 Å². The summed E-state index contributed by atoms with van der Waals surface area (Å²) >= 11 is 0. The number of ether oxygens (including phenoxy) is 1. The molecule has 0 aromatic carbocycles. The van der Waals surface area contributed by atoms with Crippen LogP contribution in [-0.2, 0) is 24.4 Å². The van der Waals surface area contributed by atoms with E-state index in [-0.39, 0.29) is 5.56 Å². The quantitative estimate of drug-likeness (QED) is 0.795. The highest BCUT2D eigenvalue weighted by atomic mass is 16.5. The van der Waals surface area contributed by atoms with Crippen molar-refractivity contribution in [2.75, 3.05) is 26.2 Å². The molecule has 29 heavy (non-hydrogen) atoms. The van der Waals surface area contributed by atoms with Crippen molar-refractivity contribution in [2.45, 2.75) is 50.5 Å². The molecule has 0 aliphatic carbocycles. The van der Waals surface area contributed by atoms with Crippen molar-refractivity contribution in [3.05, 3.63) is 63.8 Å². The number of rotatable bonds is 4. The summed E-state index contributed by atoms with van der Waals surface area (Å²) in [5.74, 6) is 1.02. The molecule has 4 atom stereocenters. The smallest absolute Gasteiger partial charge is 0.255 e. The molecular formula is C23H28N4O2. The van der Waals surface area contributed by atoms with Crippen LogP contribution in [0.25, 0.3) is 0 Å². The largest absolute Gasteiger partial charge is 0.375 e. The zero-order valence-electron chi connectivity index (χ0n) is 16.7. The second-order valence-electron chi connectivity index (χ2n) is 9.32. The Morgan fingerprint density at radius 1 is 1.00 bits per heavy atom. The lowest BCUT2D eigenvalue weighted by Gasteiger charge is -2.43. The Labute approximate surface area is 171 Å². The second kappa shape index (κ2) is 7.04. The van der Waals surface area contributed by atoms with E-state index in [4.69, 9.17) is 4.74 Å². The topological polar surface area (TPSA) is 50.6 Å². The van der Waals surface area contributed by atoms with Gasteiger partial charge in [0.25, 0.3) is 5.56 Å². The van der Waals surface area contributed by atoms with Gasteiger partial charge in [0.2, 0.25) is 0 Å². The van der Waals surface area contributed by atoms with Crippen LogP contribution >= 0.6 is 0 Å². The Morgan fingerprint density at radius 2 is 1.90 bits per heavy atom. The minimum Gasteiger partial charge on any atom is -0.375 e. The summed E-state index contributed by atoms with van der Waals surface area (Å²) in [5, 5.41) is 0. The number of hydrogen-bond acceptors (Lipinski definition) is 5. The molecule has 0 N–H and O–H groups in total. The van der Waals surface area contributed by atoms with Crippen LogP contribution in [0.3, 0.4) is 0 Å². The number of nitrogens with zero attached hydrogens (tertiary/aromatic N) is 4. The summed E-state index contributed by atoms with van der Waals surface area (Å²) in [4.78, 5) is 22.4. The molecule has 4 aliphatic rings. The molecule has 0 amide bonds. The first-order chi connectivity index (χ1) is 14.2. The molecular weight excluding hydrogens is 364 g/mol. The molecule has 0 unspecified atom stereocenters. The van der Waals surface area contributed by atoms with E-state index in [0.717, 1.165) is 57.9 Å². The maximum absolute atomic E-state index is 13.3. The van der Waals surface area contributed by atoms with Crippen molar-refractivity contribution in [2.24, 2.45) is 5.92 Å². The first kappa shape index (κ1) is 17.8. The van der Waals surface area contributed by atoms with Gasteiger partial charge in [-0.3, -0.25) is 19.6 Å². The predicted molar refractivity (Wildman–Crippen MR) is 110 cm³/mol. The Balaban J connectivity index is 1.21. The van der Waals surface area contributed by atoms with Crippen LogP contribution in [0.2, 0.25) is 0 Å². The third-order valence-electron chi connectivity index (χ3n) is 7.30. The Bertz CT molecular complexity index is 959. The normalized spacial score (nSPS) is 31.2. The molecule has 3 fully saturated rings. The van der Waals surface area contributed by atoms with Crippen LogP contribution < -0.4 is 5.56 Å². The van der Waals surface area contributed by atoms with Gasteiger partial charge in [-0.1, -0.05) is 6.07 Å². The molecule has 6 nitrogen and oxygen atoms in total. The molecule has 2 aromatic heterocycles. The van der Waals surface area contributed by atoms with Crippen LogP contribution in [0, 0.1) is 5.92 Å². The molecule has 3 saturated heterocycles. The summed E-state index contributed by atoms with van der Waals surface area (Å²) in [6.45, 7) is 6.51. The van der Waals surface area contributed by atoms with Crippen molar-refractivity contribution in [1.29, 1.82) is 0 Å². The summed E-state index contributed by atoms with van der Waals surface area (Å²) in [5.41, 5.74) is 3.75. The van der Waals surface area contributed by atoms with Crippen molar-refractivity contribution >= 4 is 0 Å². The van der Waals surface area contributed by atoms with Gasteiger partial charge in [0.05, 0.1) is 12.7 Å². The van der Waals surface area contributed by atoms with Crippen molar-refractivity contribution in [1.82, 2.24) is 19.4 Å². The summed E-state index contributed by atoms with van der Waals surface area (Å²) in [6, 6.07) is 9.04. The summed E-state index contributed by atoms with van der Waals surface area (Å²) in [6.07, 6.45) is 6.46. The van der Waals surface area contributed by atoms with E-state index < -0.39 is 0 Å². The molecule has 6 heterocycles. The Hall–Kier alpha value is -2.02. The zero-order valence-corrected chi connectivity index (χ0v) is 16.7. The van der Waals surface area contributed by atoms with Crippen LogP contribution in [0.4, 0.5) is 0 Å². The van der Waals surface area contributed by atoms with Crippen molar-refractivity contribution < 1.29 is 4.74 Å². The van der Waals surface area contributed by atoms with E-state index in [9.17, 15) is 4.79 Å². The number of hydrogen-bond donors (Lipinski definition) is 0. The Morgan fingerprint density at radius 3 is 2.69 bits per heavy atom. The van der Waals surface area contributed by atoms with Gasteiger partial charge in [-0.25, -0.2) is 0 Å².